The van der Waals surface area contributed by atoms with Crippen LogP contribution in [0.1, 0.15) is 30.6 Å². The molecule has 7 heteroatoms. The average molecular weight is 444 g/mol. The maximum Gasteiger partial charge on any atom is 0.262 e. The van der Waals surface area contributed by atoms with Gasteiger partial charge in [0.1, 0.15) is 28.6 Å². The summed E-state index contributed by atoms with van der Waals surface area (Å²) in [5.41, 5.74) is 1.48. The number of nitrogens with zero attached hydrogens (tertiary/aromatic N) is 2. The summed E-state index contributed by atoms with van der Waals surface area (Å²) in [5, 5.41) is 12.3. The number of methoxy groups -OCH3 is 1. The molecule has 6 nitrogen and oxygen atoms in total. The molecule has 0 aliphatic rings. The van der Waals surface area contributed by atoms with Crippen molar-refractivity contribution < 1.29 is 14.3 Å². The summed E-state index contributed by atoms with van der Waals surface area (Å²) in [6, 6.07) is 14.6. The van der Waals surface area contributed by atoms with Gasteiger partial charge in [-0.3, -0.25) is 4.79 Å². The lowest BCUT2D eigenvalue weighted by atomic mass is 10.0. The monoisotopic (exact) mass is 443 g/mol. The van der Waals surface area contributed by atoms with Crippen molar-refractivity contribution >= 4 is 27.9 Å². The number of carbonyl (C=O) groups excluding carboxylic acids is 1. The second-order valence-corrected chi connectivity index (χ2v) is 6.71. The van der Waals surface area contributed by atoms with E-state index in [2.05, 4.69) is 26.2 Å². The second kappa shape index (κ2) is 11.2. The van der Waals surface area contributed by atoms with Gasteiger partial charge in [-0.2, -0.15) is 5.26 Å². The van der Waals surface area contributed by atoms with Gasteiger partial charge in [0.25, 0.3) is 5.91 Å². The number of hydrogen-bond donors (Lipinski definition) is 1. The summed E-state index contributed by atoms with van der Waals surface area (Å²) in [6.07, 6.45) is 2.16. The molecule has 146 valence electrons. The van der Waals surface area contributed by atoms with E-state index in [0.29, 0.717) is 29.9 Å². The molecular weight excluding hydrogens is 422 g/mol. The Morgan fingerprint density at radius 3 is 2.64 bits per heavy atom. The standard InChI is InChI=1S/C21H22BrN3O3/c1-3-19(15-7-9-18(10-8-15)28-12-11-27-2)25-21(26)16(14-23)13-17-5-4-6-20(22)24-17/h4-10,13,19H,3,11-12H2,1-2H3,(H,25,26)/b16-13+. The first kappa shape index (κ1) is 21.6. The highest BCUT2D eigenvalue weighted by atomic mass is 79.9. The number of pyridine rings is 1. The number of aromatic nitrogens is 1. The van der Waals surface area contributed by atoms with Gasteiger partial charge in [0, 0.05) is 7.11 Å². The number of nitrogens with one attached hydrogen (secondary N) is 1. The molecule has 2 aromatic rings. The largest absolute Gasteiger partial charge is 0.491 e. The van der Waals surface area contributed by atoms with Crippen molar-refractivity contribution in [3.8, 4) is 11.8 Å². The summed E-state index contributed by atoms with van der Waals surface area (Å²) >= 11 is 3.28. The van der Waals surface area contributed by atoms with E-state index in [1.165, 1.54) is 6.08 Å². The third kappa shape index (κ3) is 6.48. The van der Waals surface area contributed by atoms with E-state index in [9.17, 15) is 10.1 Å². The minimum atomic E-state index is -0.434. The van der Waals surface area contributed by atoms with E-state index < -0.39 is 5.91 Å². The molecule has 1 amide bonds. The first-order chi connectivity index (χ1) is 13.6. The third-order valence-corrected chi connectivity index (χ3v) is 4.39. The molecule has 1 N–H and O–H groups in total. The smallest absolute Gasteiger partial charge is 0.262 e. The molecule has 0 aliphatic heterocycles. The number of benzene rings is 1. The molecule has 28 heavy (non-hydrogen) atoms. The average Bonchev–Trinajstić information content (AvgIpc) is 2.71. The Labute approximate surface area is 173 Å². The van der Waals surface area contributed by atoms with Gasteiger partial charge in [0.05, 0.1) is 18.3 Å². The first-order valence-corrected chi connectivity index (χ1v) is 9.63. The second-order valence-electron chi connectivity index (χ2n) is 5.90. The van der Waals surface area contributed by atoms with Crippen molar-refractivity contribution in [1.29, 1.82) is 5.26 Å². The van der Waals surface area contributed by atoms with E-state index in [-0.39, 0.29) is 11.6 Å². The normalized spacial score (nSPS) is 12.1. The van der Waals surface area contributed by atoms with Crippen molar-refractivity contribution in [2.75, 3.05) is 20.3 Å². The van der Waals surface area contributed by atoms with Crippen molar-refractivity contribution in [2.24, 2.45) is 0 Å². The van der Waals surface area contributed by atoms with Crippen LogP contribution in [0.3, 0.4) is 0 Å². The van der Waals surface area contributed by atoms with Crippen LogP contribution in [0.2, 0.25) is 0 Å². The Morgan fingerprint density at radius 2 is 2.04 bits per heavy atom. The zero-order chi connectivity index (χ0) is 20.4. The molecule has 0 spiro atoms. The number of halogens is 1. The molecule has 1 aromatic carbocycles. The Morgan fingerprint density at radius 1 is 1.29 bits per heavy atom. The zero-order valence-electron chi connectivity index (χ0n) is 15.8. The van der Waals surface area contributed by atoms with E-state index >= 15 is 0 Å². The van der Waals surface area contributed by atoms with Crippen LogP contribution in [-0.2, 0) is 9.53 Å². The van der Waals surface area contributed by atoms with Gasteiger partial charge in [-0.1, -0.05) is 25.1 Å². The number of carbonyl (C=O) groups is 1. The molecule has 0 fully saturated rings. The zero-order valence-corrected chi connectivity index (χ0v) is 17.4. The Kier molecular flexibility index (Phi) is 8.66. The van der Waals surface area contributed by atoms with Crippen molar-refractivity contribution in [3.05, 3.63) is 63.9 Å². The highest BCUT2D eigenvalue weighted by Crippen LogP contribution is 2.21. The Bertz CT molecular complexity index is 860. The summed E-state index contributed by atoms with van der Waals surface area (Å²) in [6.45, 7) is 2.97. The molecule has 0 aliphatic carbocycles. The van der Waals surface area contributed by atoms with Crippen LogP contribution in [0.5, 0.6) is 5.75 Å². The molecule has 2 rings (SSSR count). The lowest BCUT2D eigenvalue weighted by Gasteiger charge is -2.17. The Balaban J connectivity index is 2.08. The van der Waals surface area contributed by atoms with Crippen molar-refractivity contribution in [3.63, 3.8) is 0 Å². The summed E-state index contributed by atoms with van der Waals surface area (Å²) < 4.78 is 11.1. The number of ether oxygens (including phenoxy) is 2. The van der Waals surface area contributed by atoms with Crippen LogP contribution >= 0.6 is 15.9 Å². The lowest BCUT2D eigenvalue weighted by molar-refractivity contribution is -0.117. The predicted molar refractivity (Wildman–Crippen MR) is 111 cm³/mol. The molecule has 0 bridgehead atoms. The van der Waals surface area contributed by atoms with Gasteiger partial charge in [-0.15, -0.1) is 0 Å². The van der Waals surface area contributed by atoms with E-state index in [1.807, 2.05) is 37.3 Å². The summed E-state index contributed by atoms with van der Waals surface area (Å²) in [5.74, 6) is 0.303. The molecule has 1 unspecified atom stereocenters. The lowest BCUT2D eigenvalue weighted by Crippen LogP contribution is -2.29. The highest BCUT2D eigenvalue weighted by molar-refractivity contribution is 9.10. The van der Waals surface area contributed by atoms with Crippen LogP contribution in [0.15, 0.2) is 52.6 Å². The van der Waals surface area contributed by atoms with Crippen LogP contribution < -0.4 is 10.1 Å². The van der Waals surface area contributed by atoms with Gasteiger partial charge < -0.3 is 14.8 Å². The molecule has 1 heterocycles. The minimum Gasteiger partial charge on any atom is -0.491 e. The van der Waals surface area contributed by atoms with Crippen LogP contribution in [0.25, 0.3) is 6.08 Å². The maximum atomic E-state index is 12.6. The van der Waals surface area contributed by atoms with Crippen molar-refractivity contribution in [1.82, 2.24) is 10.3 Å². The number of hydrogen-bond acceptors (Lipinski definition) is 5. The quantitative estimate of drug-likeness (QED) is 0.273. The fourth-order valence-electron chi connectivity index (χ4n) is 2.50. The number of nitriles is 1. The number of amides is 1. The van der Waals surface area contributed by atoms with Gasteiger partial charge in [0.2, 0.25) is 0 Å². The molecule has 0 saturated heterocycles. The highest BCUT2D eigenvalue weighted by Gasteiger charge is 2.16. The van der Waals surface area contributed by atoms with E-state index in [4.69, 9.17) is 9.47 Å². The van der Waals surface area contributed by atoms with Crippen LogP contribution in [-0.4, -0.2) is 31.2 Å². The molecule has 0 radical (unpaired) electrons. The van der Waals surface area contributed by atoms with Crippen LogP contribution in [0.4, 0.5) is 0 Å². The molecule has 0 saturated carbocycles. The van der Waals surface area contributed by atoms with Crippen molar-refractivity contribution in [2.45, 2.75) is 19.4 Å². The molecule has 1 atom stereocenters. The topological polar surface area (TPSA) is 84.2 Å². The van der Waals surface area contributed by atoms with Gasteiger partial charge in [-0.05, 0) is 58.3 Å². The van der Waals surface area contributed by atoms with E-state index in [1.54, 1.807) is 25.3 Å². The molecule has 1 aromatic heterocycles. The summed E-state index contributed by atoms with van der Waals surface area (Å²) in [7, 11) is 1.62. The Hall–Kier alpha value is -2.69. The van der Waals surface area contributed by atoms with Gasteiger partial charge in [0.15, 0.2) is 0 Å². The SMILES string of the molecule is CCC(NC(=O)/C(C#N)=C/c1cccc(Br)n1)c1ccc(OCCOC)cc1. The maximum absolute atomic E-state index is 12.6. The summed E-state index contributed by atoms with van der Waals surface area (Å²) in [4.78, 5) is 16.8. The molecular formula is C21H22BrN3O3. The van der Waals surface area contributed by atoms with E-state index in [0.717, 1.165) is 11.3 Å². The minimum absolute atomic E-state index is 0.00330. The van der Waals surface area contributed by atoms with Gasteiger partial charge in [-0.25, -0.2) is 4.98 Å². The third-order valence-electron chi connectivity index (χ3n) is 3.95. The fourth-order valence-corrected chi connectivity index (χ4v) is 2.85. The number of rotatable bonds is 9. The van der Waals surface area contributed by atoms with Crippen LogP contribution in [0, 0.1) is 11.3 Å². The predicted octanol–water partition coefficient (Wildman–Crippen LogP) is 4.04. The first-order valence-electron chi connectivity index (χ1n) is 8.84. The van der Waals surface area contributed by atoms with Gasteiger partial charge >= 0.3 is 0 Å². The fraction of sp³-hybridized carbons (Fsp3) is 0.286.